The summed E-state index contributed by atoms with van der Waals surface area (Å²) in [6.45, 7) is 7.61. The molecule has 3 rings (SSSR count). The highest BCUT2D eigenvalue weighted by Crippen LogP contribution is 2.20. The summed E-state index contributed by atoms with van der Waals surface area (Å²) in [5, 5.41) is 1.93. The molecule has 2 heterocycles. The van der Waals surface area contributed by atoms with Gasteiger partial charge in [0.15, 0.2) is 12.3 Å². The maximum Gasteiger partial charge on any atom is 0.277 e. The van der Waals surface area contributed by atoms with Crippen LogP contribution in [0, 0.1) is 13.8 Å². The van der Waals surface area contributed by atoms with E-state index in [0.717, 1.165) is 16.9 Å². The third kappa shape index (κ3) is 4.45. The van der Waals surface area contributed by atoms with Crippen molar-refractivity contribution < 1.29 is 22.9 Å². The summed E-state index contributed by atoms with van der Waals surface area (Å²) in [4.78, 5) is 14.5. The number of nitrogens with zero attached hydrogens (tertiary/aromatic N) is 2. The van der Waals surface area contributed by atoms with Crippen molar-refractivity contribution in [2.24, 2.45) is 0 Å². The Morgan fingerprint density at radius 2 is 1.86 bits per heavy atom. The second kappa shape index (κ2) is 8.46. The molecule has 1 aromatic carbocycles. The third-order valence-electron chi connectivity index (χ3n) is 5.35. The van der Waals surface area contributed by atoms with Crippen LogP contribution in [0.2, 0.25) is 0 Å². The van der Waals surface area contributed by atoms with E-state index in [1.54, 1.807) is 23.3 Å². The number of hydrogen-bond donors (Lipinski definition) is 1. The van der Waals surface area contributed by atoms with E-state index in [9.17, 15) is 13.2 Å². The average Bonchev–Trinajstić information content (AvgIpc) is 3.23. The number of aryl methyl sites for hydroxylation is 2. The molecule has 1 amide bonds. The predicted octanol–water partition coefficient (Wildman–Crippen LogP) is 1.05. The minimum atomic E-state index is -3.53. The highest BCUT2D eigenvalue weighted by Gasteiger charge is 2.30. The quantitative estimate of drug-likeness (QED) is 0.777. The van der Waals surface area contributed by atoms with Crippen LogP contribution in [0.4, 0.5) is 0 Å². The molecule has 0 saturated carbocycles. The van der Waals surface area contributed by atoms with Crippen LogP contribution in [0.15, 0.2) is 45.9 Å². The van der Waals surface area contributed by atoms with Gasteiger partial charge in [-0.2, -0.15) is 4.31 Å². The van der Waals surface area contributed by atoms with Crippen LogP contribution in [0.3, 0.4) is 0 Å². The van der Waals surface area contributed by atoms with Gasteiger partial charge in [-0.05, 0) is 56.2 Å². The van der Waals surface area contributed by atoms with Gasteiger partial charge in [-0.1, -0.05) is 6.07 Å². The first-order valence-electron chi connectivity index (χ1n) is 9.51. The zero-order valence-corrected chi connectivity index (χ0v) is 17.4. The van der Waals surface area contributed by atoms with E-state index < -0.39 is 10.0 Å². The van der Waals surface area contributed by atoms with Crippen molar-refractivity contribution in [3.8, 4) is 0 Å². The van der Waals surface area contributed by atoms with Crippen molar-refractivity contribution >= 4 is 15.9 Å². The summed E-state index contributed by atoms with van der Waals surface area (Å²) < 4.78 is 32.6. The molecule has 8 heteroatoms. The third-order valence-corrected chi connectivity index (χ3v) is 7.24. The lowest BCUT2D eigenvalue weighted by Crippen LogP contribution is -2.87. The molecule has 152 valence electrons. The summed E-state index contributed by atoms with van der Waals surface area (Å²) in [5.74, 6) is 0.846. The van der Waals surface area contributed by atoms with Crippen LogP contribution in [0.5, 0.6) is 0 Å². The summed E-state index contributed by atoms with van der Waals surface area (Å²) in [6.07, 6.45) is 1.62. The van der Waals surface area contributed by atoms with Crippen molar-refractivity contribution in [1.82, 2.24) is 9.21 Å². The summed E-state index contributed by atoms with van der Waals surface area (Å²) in [7, 11) is -3.53. The zero-order chi connectivity index (χ0) is 20.3. The van der Waals surface area contributed by atoms with Gasteiger partial charge in [0.2, 0.25) is 10.0 Å². The molecule has 0 spiro atoms. The molecule has 2 aromatic rings. The number of quaternary nitrogens is 1. The Morgan fingerprint density at radius 1 is 1.14 bits per heavy atom. The minimum Gasteiger partial charge on any atom is -0.463 e. The number of nitrogens with two attached hydrogens (primary N) is 1. The second-order valence-corrected chi connectivity index (χ2v) is 9.21. The van der Waals surface area contributed by atoms with Gasteiger partial charge in [-0.3, -0.25) is 4.79 Å². The molecular weight excluding hydrogens is 378 g/mol. The molecule has 0 aliphatic carbocycles. The lowest BCUT2D eigenvalue weighted by Gasteiger charge is -2.33. The molecule has 1 saturated heterocycles. The summed E-state index contributed by atoms with van der Waals surface area (Å²) in [5.41, 5.74) is 2.02. The molecule has 1 aliphatic heterocycles. The van der Waals surface area contributed by atoms with Crippen molar-refractivity contribution in [2.75, 3.05) is 32.7 Å². The van der Waals surface area contributed by atoms with Gasteiger partial charge < -0.3 is 14.6 Å². The van der Waals surface area contributed by atoms with Crippen LogP contribution in [-0.2, 0) is 14.8 Å². The number of furan rings is 1. The fourth-order valence-corrected chi connectivity index (χ4v) is 4.78. The number of carbonyl (C=O) groups is 1. The van der Waals surface area contributed by atoms with Gasteiger partial charge in [0.1, 0.15) is 6.04 Å². The van der Waals surface area contributed by atoms with Crippen LogP contribution in [-0.4, -0.2) is 56.3 Å². The SMILES string of the molecule is Cc1ccc(S(=O)(=O)N2CCN(C(=O)C[NH2+][C@@H](C)c3ccco3)CC2)cc1C. The van der Waals surface area contributed by atoms with Gasteiger partial charge in [0.25, 0.3) is 5.91 Å². The number of carbonyl (C=O) groups excluding carboxylic acids is 1. The molecule has 1 fully saturated rings. The largest absolute Gasteiger partial charge is 0.463 e. The second-order valence-electron chi connectivity index (χ2n) is 7.27. The molecule has 0 unspecified atom stereocenters. The Kier molecular flexibility index (Phi) is 6.22. The Bertz CT molecular complexity index is 917. The Morgan fingerprint density at radius 3 is 2.46 bits per heavy atom. The number of amides is 1. The van der Waals surface area contributed by atoms with Gasteiger partial charge in [-0.15, -0.1) is 0 Å². The first-order valence-corrected chi connectivity index (χ1v) is 10.9. The van der Waals surface area contributed by atoms with Gasteiger partial charge in [0, 0.05) is 26.2 Å². The lowest BCUT2D eigenvalue weighted by atomic mass is 10.1. The molecule has 1 aromatic heterocycles. The van der Waals surface area contributed by atoms with E-state index >= 15 is 0 Å². The average molecular weight is 407 g/mol. The zero-order valence-electron chi connectivity index (χ0n) is 16.6. The normalized spacial score (nSPS) is 16.9. The molecule has 28 heavy (non-hydrogen) atoms. The van der Waals surface area contributed by atoms with Gasteiger partial charge in [-0.25, -0.2) is 8.42 Å². The number of sulfonamides is 1. The monoisotopic (exact) mass is 406 g/mol. The van der Waals surface area contributed by atoms with E-state index in [4.69, 9.17) is 4.42 Å². The van der Waals surface area contributed by atoms with Crippen molar-refractivity contribution in [1.29, 1.82) is 0 Å². The van der Waals surface area contributed by atoms with Crippen molar-refractivity contribution in [3.05, 3.63) is 53.5 Å². The van der Waals surface area contributed by atoms with E-state index in [-0.39, 0.29) is 11.9 Å². The molecule has 1 aliphatic rings. The maximum absolute atomic E-state index is 12.9. The molecule has 0 radical (unpaired) electrons. The van der Waals surface area contributed by atoms with Crippen LogP contribution in [0.1, 0.15) is 29.9 Å². The van der Waals surface area contributed by atoms with Crippen LogP contribution >= 0.6 is 0 Å². The van der Waals surface area contributed by atoms with E-state index in [2.05, 4.69) is 0 Å². The number of hydrogen-bond acceptors (Lipinski definition) is 4. The lowest BCUT2D eigenvalue weighted by molar-refractivity contribution is -0.685. The van der Waals surface area contributed by atoms with Gasteiger partial charge in [0.05, 0.1) is 11.2 Å². The standard InChI is InChI=1S/C20H27N3O4S/c1-15-6-7-18(13-16(15)2)28(25,26)23-10-8-22(9-11-23)20(24)14-21-17(3)19-5-4-12-27-19/h4-7,12-13,17,21H,8-11,14H2,1-3H3/p+1/t17-/m0/s1. The predicted molar refractivity (Wildman–Crippen MR) is 105 cm³/mol. The molecular formula is C20H28N3O4S+. The van der Waals surface area contributed by atoms with Crippen molar-refractivity contribution in [3.63, 3.8) is 0 Å². The molecule has 2 N–H and O–H groups in total. The highest BCUT2D eigenvalue weighted by molar-refractivity contribution is 7.89. The summed E-state index contributed by atoms with van der Waals surface area (Å²) >= 11 is 0. The highest BCUT2D eigenvalue weighted by atomic mass is 32.2. The topological polar surface area (TPSA) is 87.4 Å². The van der Waals surface area contributed by atoms with Gasteiger partial charge >= 0.3 is 0 Å². The Hall–Kier alpha value is -2.16. The number of rotatable bonds is 6. The fourth-order valence-electron chi connectivity index (χ4n) is 3.27. The fraction of sp³-hybridized carbons (Fsp3) is 0.450. The molecule has 7 nitrogen and oxygen atoms in total. The van der Waals surface area contributed by atoms with Crippen LogP contribution in [0.25, 0.3) is 0 Å². The van der Waals surface area contributed by atoms with E-state index in [1.807, 2.05) is 44.3 Å². The van der Waals surface area contributed by atoms with Crippen molar-refractivity contribution in [2.45, 2.75) is 31.7 Å². The molecule has 0 bridgehead atoms. The smallest absolute Gasteiger partial charge is 0.277 e. The van der Waals surface area contributed by atoms with E-state index in [1.165, 1.54) is 4.31 Å². The van der Waals surface area contributed by atoms with Crippen LogP contribution < -0.4 is 5.32 Å². The first kappa shape index (κ1) is 20.6. The number of piperazine rings is 1. The molecule has 1 atom stereocenters. The minimum absolute atomic E-state index is 0.0154. The summed E-state index contributed by atoms with van der Waals surface area (Å²) in [6, 6.07) is 8.98. The Labute approximate surface area is 166 Å². The van der Waals surface area contributed by atoms with E-state index in [0.29, 0.717) is 37.6 Å². The first-order chi connectivity index (χ1) is 13.3. The Balaban J connectivity index is 1.54. The maximum atomic E-state index is 12.9. The number of benzene rings is 1.